The highest BCUT2D eigenvalue weighted by Gasteiger charge is 2.27. The molecule has 0 aromatic heterocycles. The fourth-order valence-corrected chi connectivity index (χ4v) is 2.42. The number of carbonyl (C=O) groups is 1. The number of likely N-dealkylation sites (tertiary alicyclic amines) is 1. The Morgan fingerprint density at radius 3 is 2.76 bits per heavy atom. The van der Waals surface area contributed by atoms with Crippen LogP contribution in [0.3, 0.4) is 0 Å². The SMILES string of the molecule is CCN(C)C(=O)N1CCCCCC1CC(C)O. The summed E-state index contributed by atoms with van der Waals surface area (Å²) in [5.41, 5.74) is 0. The molecule has 0 saturated carbocycles. The van der Waals surface area contributed by atoms with Gasteiger partial charge in [-0.25, -0.2) is 4.79 Å². The normalized spacial score (nSPS) is 23.1. The Kier molecular flexibility index (Phi) is 5.75. The summed E-state index contributed by atoms with van der Waals surface area (Å²) in [7, 11) is 1.84. The van der Waals surface area contributed by atoms with Crippen molar-refractivity contribution in [1.82, 2.24) is 9.80 Å². The highest BCUT2D eigenvalue weighted by Crippen LogP contribution is 2.21. The van der Waals surface area contributed by atoms with Crippen LogP contribution in [0.1, 0.15) is 46.0 Å². The van der Waals surface area contributed by atoms with Crippen LogP contribution in [-0.4, -0.2) is 53.2 Å². The number of rotatable bonds is 3. The van der Waals surface area contributed by atoms with Crippen LogP contribution in [0.25, 0.3) is 0 Å². The van der Waals surface area contributed by atoms with Crippen LogP contribution in [0.15, 0.2) is 0 Å². The monoisotopic (exact) mass is 242 g/mol. The van der Waals surface area contributed by atoms with E-state index in [1.165, 1.54) is 6.42 Å². The van der Waals surface area contributed by atoms with Crippen LogP contribution >= 0.6 is 0 Å². The molecule has 1 fully saturated rings. The van der Waals surface area contributed by atoms with Gasteiger partial charge in [0.1, 0.15) is 0 Å². The minimum atomic E-state index is -0.333. The van der Waals surface area contributed by atoms with Gasteiger partial charge in [0.15, 0.2) is 0 Å². The average molecular weight is 242 g/mol. The van der Waals surface area contributed by atoms with E-state index in [0.717, 1.165) is 32.4 Å². The fourth-order valence-electron chi connectivity index (χ4n) is 2.42. The van der Waals surface area contributed by atoms with Gasteiger partial charge in [-0.2, -0.15) is 0 Å². The molecular formula is C13H26N2O2. The Hall–Kier alpha value is -0.770. The van der Waals surface area contributed by atoms with Gasteiger partial charge in [0.05, 0.1) is 6.10 Å². The Bertz CT molecular complexity index is 244. The number of hydrogen-bond acceptors (Lipinski definition) is 2. The summed E-state index contributed by atoms with van der Waals surface area (Å²) in [4.78, 5) is 16.0. The number of urea groups is 1. The molecule has 1 N–H and O–H groups in total. The molecule has 0 radical (unpaired) electrons. The molecule has 0 aliphatic carbocycles. The van der Waals surface area contributed by atoms with Gasteiger partial charge >= 0.3 is 6.03 Å². The molecule has 1 aliphatic rings. The van der Waals surface area contributed by atoms with Crippen LogP contribution < -0.4 is 0 Å². The summed E-state index contributed by atoms with van der Waals surface area (Å²) in [5.74, 6) is 0. The Labute approximate surface area is 105 Å². The van der Waals surface area contributed by atoms with Crippen LogP contribution in [0.2, 0.25) is 0 Å². The van der Waals surface area contributed by atoms with Crippen molar-refractivity contribution in [1.29, 1.82) is 0 Å². The zero-order valence-electron chi connectivity index (χ0n) is 11.4. The summed E-state index contributed by atoms with van der Waals surface area (Å²) >= 11 is 0. The first-order valence-electron chi connectivity index (χ1n) is 6.76. The molecule has 1 aliphatic heterocycles. The van der Waals surface area contributed by atoms with Crippen molar-refractivity contribution in [3.63, 3.8) is 0 Å². The van der Waals surface area contributed by atoms with Gasteiger partial charge in [0, 0.05) is 26.2 Å². The van der Waals surface area contributed by atoms with E-state index in [-0.39, 0.29) is 18.2 Å². The van der Waals surface area contributed by atoms with Gasteiger partial charge in [-0.1, -0.05) is 12.8 Å². The van der Waals surface area contributed by atoms with E-state index < -0.39 is 0 Å². The first kappa shape index (κ1) is 14.3. The Balaban J connectivity index is 2.70. The molecule has 2 unspecified atom stereocenters. The van der Waals surface area contributed by atoms with E-state index in [4.69, 9.17) is 0 Å². The molecule has 2 amide bonds. The lowest BCUT2D eigenvalue weighted by Gasteiger charge is -2.34. The second-order valence-corrected chi connectivity index (χ2v) is 5.08. The van der Waals surface area contributed by atoms with Crippen molar-refractivity contribution in [3.05, 3.63) is 0 Å². The number of hydrogen-bond donors (Lipinski definition) is 1. The van der Waals surface area contributed by atoms with Crippen molar-refractivity contribution in [2.24, 2.45) is 0 Å². The zero-order chi connectivity index (χ0) is 12.8. The summed E-state index contributed by atoms with van der Waals surface area (Å²) < 4.78 is 0. The first-order chi connectivity index (χ1) is 8.06. The smallest absolute Gasteiger partial charge is 0.319 e. The van der Waals surface area contributed by atoms with Crippen molar-refractivity contribution in [2.45, 2.75) is 58.1 Å². The first-order valence-corrected chi connectivity index (χ1v) is 6.76. The molecule has 0 bridgehead atoms. The lowest BCUT2D eigenvalue weighted by molar-refractivity contribution is 0.108. The minimum Gasteiger partial charge on any atom is -0.393 e. The quantitative estimate of drug-likeness (QED) is 0.823. The van der Waals surface area contributed by atoms with E-state index in [1.807, 2.05) is 18.9 Å². The molecule has 17 heavy (non-hydrogen) atoms. The number of aliphatic hydroxyl groups is 1. The largest absolute Gasteiger partial charge is 0.393 e. The molecule has 4 heteroatoms. The molecule has 1 saturated heterocycles. The molecule has 1 rings (SSSR count). The molecular weight excluding hydrogens is 216 g/mol. The Morgan fingerprint density at radius 2 is 2.18 bits per heavy atom. The number of carbonyl (C=O) groups excluding carboxylic acids is 1. The minimum absolute atomic E-state index is 0.111. The maximum atomic E-state index is 12.2. The van der Waals surface area contributed by atoms with Gasteiger partial charge in [-0.05, 0) is 33.1 Å². The standard InChI is InChI=1S/C13H26N2O2/c1-4-14(3)13(17)15-9-7-5-6-8-12(15)10-11(2)16/h11-12,16H,4-10H2,1-3H3. The summed E-state index contributed by atoms with van der Waals surface area (Å²) in [6, 6.07) is 0.319. The van der Waals surface area contributed by atoms with E-state index in [1.54, 1.807) is 11.8 Å². The molecule has 4 nitrogen and oxygen atoms in total. The van der Waals surface area contributed by atoms with Crippen LogP contribution in [0.5, 0.6) is 0 Å². The third-order valence-electron chi connectivity index (χ3n) is 3.54. The number of aliphatic hydroxyl groups excluding tert-OH is 1. The van der Waals surface area contributed by atoms with E-state index in [9.17, 15) is 9.90 Å². The van der Waals surface area contributed by atoms with Crippen molar-refractivity contribution < 1.29 is 9.90 Å². The maximum Gasteiger partial charge on any atom is 0.319 e. The zero-order valence-corrected chi connectivity index (χ0v) is 11.4. The lowest BCUT2D eigenvalue weighted by atomic mass is 10.0. The third kappa shape index (κ3) is 4.19. The fraction of sp³-hybridized carbons (Fsp3) is 0.923. The molecule has 0 aromatic carbocycles. The average Bonchev–Trinajstić information content (AvgIpc) is 2.51. The molecule has 0 aromatic rings. The van der Waals surface area contributed by atoms with Gasteiger partial charge < -0.3 is 14.9 Å². The second-order valence-electron chi connectivity index (χ2n) is 5.08. The molecule has 1 heterocycles. The van der Waals surface area contributed by atoms with E-state index >= 15 is 0 Å². The lowest BCUT2D eigenvalue weighted by Crippen LogP contribution is -2.47. The van der Waals surface area contributed by atoms with Crippen molar-refractivity contribution in [3.8, 4) is 0 Å². The highest BCUT2D eigenvalue weighted by atomic mass is 16.3. The van der Waals surface area contributed by atoms with Gasteiger partial charge in [0.25, 0.3) is 0 Å². The predicted octanol–water partition coefficient (Wildman–Crippen LogP) is 2.07. The molecule has 0 spiro atoms. The second kappa shape index (κ2) is 6.84. The Morgan fingerprint density at radius 1 is 1.47 bits per heavy atom. The van der Waals surface area contributed by atoms with Gasteiger partial charge in [-0.15, -0.1) is 0 Å². The van der Waals surface area contributed by atoms with Gasteiger partial charge in [-0.3, -0.25) is 0 Å². The summed E-state index contributed by atoms with van der Waals surface area (Å²) in [6.45, 7) is 5.35. The third-order valence-corrected chi connectivity index (χ3v) is 3.54. The van der Waals surface area contributed by atoms with Gasteiger partial charge in [0.2, 0.25) is 0 Å². The summed E-state index contributed by atoms with van der Waals surface area (Å²) in [5, 5.41) is 9.54. The number of amides is 2. The molecule has 2 atom stereocenters. The predicted molar refractivity (Wildman–Crippen MR) is 69.0 cm³/mol. The van der Waals surface area contributed by atoms with Crippen molar-refractivity contribution >= 4 is 6.03 Å². The van der Waals surface area contributed by atoms with Crippen LogP contribution in [0.4, 0.5) is 4.79 Å². The number of nitrogens with zero attached hydrogens (tertiary/aromatic N) is 2. The van der Waals surface area contributed by atoms with E-state index in [2.05, 4.69) is 0 Å². The van der Waals surface area contributed by atoms with Crippen molar-refractivity contribution in [2.75, 3.05) is 20.1 Å². The van der Waals surface area contributed by atoms with Crippen LogP contribution in [0, 0.1) is 0 Å². The van der Waals surface area contributed by atoms with Crippen LogP contribution in [-0.2, 0) is 0 Å². The van der Waals surface area contributed by atoms with E-state index in [0.29, 0.717) is 6.42 Å². The highest BCUT2D eigenvalue weighted by molar-refractivity contribution is 5.74. The maximum absolute atomic E-state index is 12.2. The topological polar surface area (TPSA) is 43.8 Å². The summed E-state index contributed by atoms with van der Waals surface area (Å²) in [6.07, 6.45) is 4.82. The molecule has 100 valence electrons.